The van der Waals surface area contributed by atoms with Gasteiger partial charge in [0.15, 0.2) is 0 Å². The van der Waals surface area contributed by atoms with Crippen LogP contribution in [-0.4, -0.2) is 25.2 Å². The fraction of sp³-hybridized carbons (Fsp3) is 0.680. The molecule has 164 valence electrons. The Morgan fingerprint density at radius 2 is 1.10 bits per heavy atom. The number of rotatable bonds is 16. The molecule has 1 aromatic rings. The lowest BCUT2D eigenvalue weighted by molar-refractivity contribution is 0.0450. The van der Waals surface area contributed by atoms with E-state index < -0.39 is 11.9 Å². The summed E-state index contributed by atoms with van der Waals surface area (Å²) in [5.74, 6) is -0.876. The zero-order valence-corrected chi connectivity index (χ0v) is 18.8. The van der Waals surface area contributed by atoms with Crippen LogP contribution in [0.5, 0.6) is 0 Å². The average Bonchev–Trinajstić information content (AvgIpc) is 2.72. The van der Waals surface area contributed by atoms with Gasteiger partial charge in [0.25, 0.3) is 0 Å². The zero-order valence-electron chi connectivity index (χ0n) is 18.8. The second kappa shape index (κ2) is 16.0. The molecule has 1 aromatic carbocycles. The lowest BCUT2D eigenvalue weighted by Gasteiger charge is -2.11. The molecule has 4 heteroatoms. The van der Waals surface area contributed by atoms with Gasteiger partial charge in [0.1, 0.15) is 0 Å². The highest BCUT2D eigenvalue weighted by molar-refractivity contribution is 6.03. The van der Waals surface area contributed by atoms with E-state index in [1.54, 1.807) is 12.1 Å². The third kappa shape index (κ3) is 11.1. The number of carbonyl (C=O) groups excluding carboxylic acids is 2. The van der Waals surface area contributed by atoms with E-state index in [1.165, 1.54) is 51.4 Å². The second-order valence-corrected chi connectivity index (χ2v) is 7.86. The van der Waals surface area contributed by atoms with E-state index in [0.717, 1.165) is 31.2 Å². The van der Waals surface area contributed by atoms with Crippen LogP contribution in [0.3, 0.4) is 0 Å². The summed E-state index contributed by atoms with van der Waals surface area (Å²) in [6, 6.07) is 5.21. The maximum Gasteiger partial charge on any atom is 0.339 e. The van der Waals surface area contributed by atoms with Gasteiger partial charge in [-0.05, 0) is 31.9 Å². The van der Waals surface area contributed by atoms with E-state index in [2.05, 4.69) is 13.8 Å². The van der Waals surface area contributed by atoms with Gasteiger partial charge in [0.05, 0.1) is 24.3 Å². The maximum atomic E-state index is 12.5. The number of hydrogen-bond acceptors (Lipinski definition) is 4. The Morgan fingerprint density at radius 3 is 1.62 bits per heavy atom. The Labute approximate surface area is 177 Å². The summed E-state index contributed by atoms with van der Waals surface area (Å²) in [6.07, 6.45) is 13.6. The molecule has 0 aliphatic rings. The minimum Gasteiger partial charge on any atom is -0.462 e. The van der Waals surface area contributed by atoms with E-state index in [4.69, 9.17) is 9.47 Å². The van der Waals surface area contributed by atoms with E-state index in [0.29, 0.717) is 24.3 Å². The normalized spacial score (nSPS) is 10.7. The largest absolute Gasteiger partial charge is 0.462 e. The summed E-state index contributed by atoms with van der Waals surface area (Å²) in [5.41, 5.74) is 1.53. The van der Waals surface area contributed by atoms with Gasteiger partial charge in [-0.25, -0.2) is 9.59 Å². The topological polar surface area (TPSA) is 52.6 Å². The summed E-state index contributed by atoms with van der Waals surface area (Å²) in [5, 5.41) is 0. The van der Waals surface area contributed by atoms with Crippen molar-refractivity contribution in [2.45, 2.75) is 97.8 Å². The van der Waals surface area contributed by atoms with Crippen LogP contribution in [0, 0.1) is 6.92 Å². The first-order chi connectivity index (χ1) is 14.1. The molecule has 1 rings (SSSR count). The highest BCUT2D eigenvalue weighted by Crippen LogP contribution is 2.16. The van der Waals surface area contributed by atoms with Crippen molar-refractivity contribution in [2.24, 2.45) is 0 Å². The molecule has 0 unspecified atom stereocenters. The molecule has 0 heterocycles. The zero-order chi connectivity index (χ0) is 21.3. The molecule has 0 N–H and O–H groups in total. The van der Waals surface area contributed by atoms with Crippen molar-refractivity contribution in [1.82, 2.24) is 0 Å². The standard InChI is InChI=1S/C25H40O4/c1-4-6-8-10-12-14-18-28-24(26)22-17-16-21(3)20-23(22)25(27)29-19-15-13-11-9-7-5-2/h16-17,20H,4-15,18-19H2,1-3H3. The highest BCUT2D eigenvalue weighted by atomic mass is 16.5. The first-order valence-corrected chi connectivity index (χ1v) is 11.5. The van der Waals surface area contributed by atoms with Crippen molar-refractivity contribution < 1.29 is 19.1 Å². The SMILES string of the molecule is CCCCCCCCOC(=O)c1ccc(C)cc1C(=O)OCCCCCCCC. The van der Waals surface area contributed by atoms with Gasteiger partial charge in [-0.2, -0.15) is 0 Å². The van der Waals surface area contributed by atoms with Gasteiger partial charge in [0, 0.05) is 0 Å². The average molecular weight is 405 g/mol. The Balaban J connectivity index is 2.45. The Morgan fingerprint density at radius 1 is 0.655 bits per heavy atom. The third-order valence-electron chi connectivity index (χ3n) is 5.08. The van der Waals surface area contributed by atoms with Gasteiger partial charge in [-0.15, -0.1) is 0 Å². The van der Waals surface area contributed by atoms with Crippen molar-refractivity contribution in [3.05, 3.63) is 34.9 Å². The molecule has 0 fully saturated rings. The number of aryl methyl sites for hydroxylation is 1. The summed E-state index contributed by atoms with van der Waals surface area (Å²) < 4.78 is 10.8. The van der Waals surface area contributed by atoms with Gasteiger partial charge >= 0.3 is 11.9 Å². The molecule has 0 spiro atoms. The number of carbonyl (C=O) groups is 2. The smallest absolute Gasteiger partial charge is 0.339 e. The van der Waals surface area contributed by atoms with Gasteiger partial charge < -0.3 is 9.47 Å². The van der Waals surface area contributed by atoms with Crippen LogP contribution >= 0.6 is 0 Å². The molecule has 0 atom stereocenters. The maximum absolute atomic E-state index is 12.5. The predicted octanol–water partition coefficient (Wildman–Crippen LogP) is 7.03. The molecule has 0 bridgehead atoms. The number of hydrogen-bond donors (Lipinski definition) is 0. The first kappa shape index (κ1) is 25.2. The van der Waals surface area contributed by atoms with Crippen LogP contribution < -0.4 is 0 Å². The molecule has 0 radical (unpaired) electrons. The van der Waals surface area contributed by atoms with Crippen molar-refractivity contribution in [1.29, 1.82) is 0 Å². The molecule has 0 aromatic heterocycles. The minimum absolute atomic E-state index is 0.300. The molecular weight excluding hydrogens is 364 g/mol. The fourth-order valence-corrected chi connectivity index (χ4v) is 3.25. The van der Waals surface area contributed by atoms with E-state index >= 15 is 0 Å². The van der Waals surface area contributed by atoms with E-state index in [-0.39, 0.29) is 0 Å². The summed E-state index contributed by atoms with van der Waals surface area (Å²) >= 11 is 0. The number of esters is 2. The summed E-state index contributed by atoms with van der Waals surface area (Å²) in [7, 11) is 0. The predicted molar refractivity (Wildman–Crippen MR) is 118 cm³/mol. The fourth-order valence-electron chi connectivity index (χ4n) is 3.25. The molecule has 4 nitrogen and oxygen atoms in total. The molecule has 0 aliphatic carbocycles. The van der Waals surface area contributed by atoms with Crippen molar-refractivity contribution >= 4 is 11.9 Å². The van der Waals surface area contributed by atoms with Crippen molar-refractivity contribution in [2.75, 3.05) is 13.2 Å². The molecule has 0 saturated carbocycles. The minimum atomic E-state index is -0.440. The van der Waals surface area contributed by atoms with Crippen LogP contribution in [0.15, 0.2) is 18.2 Å². The van der Waals surface area contributed by atoms with Crippen molar-refractivity contribution in [3.8, 4) is 0 Å². The molecule has 0 saturated heterocycles. The van der Waals surface area contributed by atoms with Gasteiger partial charge in [-0.1, -0.05) is 89.7 Å². The lowest BCUT2D eigenvalue weighted by Crippen LogP contribution is -2.15. The number of benzene rings is 1. The Bertz CT molecular complexity index is 594. The van der Waals surface area contributed by atoms with Crippen LogP contribution in [0.25, 0.3) is 0 Å². The van der Waals surface area contributed by atoms with Crippen LogP contribution in [-0.2, 0) is 9.47 Å². The number of ether oxygens (including phenoxy) is 2. The molecule has 29 heavy (non-hydrogen) atoms. The third-order valence-corrected chi connectivity index (χ3v) is 5.08. The van der Waals surface area contributed by atoms with Crippen LogP contribution in [0.1, 0.15) is 117 Å². The monoisotopic (exact) mass is 404 g/mol. The summed E-state index contributed by atoms with van der Waals surface area (Å²) in [4.78, 5) is 25.0. The lowest BCUT2D eigenvalue weighted by atomic mass is 10.0. The van der Waals surface area contributed by atoms with Crippen LogP contribution in [0.4, 0.5) is 0 Å². The highest BCUT2D eigenvalue weighted by Gasteiger charge is 2.19. The first-order valence-electron chi connectivity index (χ1n) is 11.5. The summed E-state index contributed by atoms with van der Waals surface area (Å²) in [6.45, 7) is 7.07. The molecular formula is C25H40O4. The quantitative estimate of drug-likeness (QED) is 0.219. The second-order valence-electron chi connectivity index (χ2n) is 7.86. The van der Waals surface area contributed by atoms with E-state index in [9.17, 15) is 9.59 Å². The molecule has 0 amide bonds. The van der Waals surface area contributed by atoms with Crippen molar-refractivity contribution in [3.63, 3.8) is 0 Å². The van der Waals surface area contributed by atoms with Gasteiger partial charge in [0.2, 0.25) is 0 Å². The van der Waals surface area contributed by atoms with Crippen LogP contribution in [0.2, 0.25) is 0 Å². The number of unbranched alkanes of at least 4 members (excludes halogenated alkanes) is 10. The Kier molecular flexibility index (Phi) is 13.9. The van der Waals surface area contributed by atoms with E-state index in [1.807, 2.05) is 13.0 Å². The molecule has 0 aliphatic heterocycles. The Hall–Kier alpha value is -1.84. The van der Waals surface area contributed by atoms with Gasteiger partial charge in [-0.3, -0.25) is 0 Å².